The van der Waals surface area contributed by atoms with Gasteiger partial charge < -0.3 is 11.1 Å². The Hall–Kier alpha value is -1.26. The molecule has 2 rings (SSSR count). The quantitative estimate of drug-likeness (QED) is 0.840. The molecule has 20 heavy (non-hydrogen) atoms. The van der Waals surface area contributed by atoms with E-state index in [1.165, 1.54) is 6.42 Å². The van der Waals surface area contributed by atoms with E-state index in [4.69, 9.17) is 17.3 Å². The Kier molecular flexibility index (Phi) is 4.89. The number of amides is 1. The zero-order valence-electron chi connectivity index (χ0n) is 12.0. The van der Waals surface area contributed by atoms with Crippen LogP contribution in [0.1, 0.15) is 26.7 Å². The first-order valence-electron chi connectivity index (χ1n) is 7.04. The maximum Gasteiger partial charge on any atom is 0.225 e. The lowest BCUT2D eigenvalue weighted by Crippen LogP contribution is -2.30. The summed E-state index contributed by atoms with van der Waals surface area (Å²) in [6.45, 7) is 6.34. The fourth-order valence-corrected chi connectivity index (χ4v) is 2.96. The molecule has 2 unspecified atom stereocenters. The molecule has 1 fully saturated rings. The smallest absolute Gasteiger partial charge is 0.225 e. The van der Waals surface area contributed by atoms with E-state index in [-0.39, 0.29) is 5.91 Å². The molecular weight excluding hydrogens is 274 g/mol. The van der Waals surface area contributed by atoms with E-state index < -0.39 is 0 Å². The SMILES string of the molecule is CC1CC(C)N(CCC(=O)Nc2cc(Cl)ccc2N)C1. The first-order valence-corrected chi connectivity index (χ1v) is 7.42. The van der Waals surface area contributed by atoms with Crippen LogP contribution < -0.4 is 11.1 Å². The molecule has 0 spiro atoms. The molecule has 1 heterocycles. The second-order valence-electron chi connectivity index (χ2n) is 5.71. The van der Waals surface area contributed by atoms with Crippen LogP contribution in [0.5, 0.6) is 0 Å². The molecule has 0 saturated carbocycles. The van der Waals surface area contributed by atoms with Crippen LogP contribution >= 0.6 is 11.6 Å². The largest absolute Gasteiger partial charge is 0.397 e. The summed E-state index contributed by atoms with van der Waals surface area (Å²) < 4.78 is 0. The van der Waals surface area contributed by atoms with E-state index in [1.54, 1.807) is 18.2 Å². The molecular formula is C15H22ClN3O. The van der Waals surface area contributed by atoms with Gasteiger partial charge in [-0.05, 0) is 37.5 Å². The molecule has 1 aromatic rings. The number of carbonyl (C=O) groups is 1. The molecule has 0 aliphatic carbocycles. The molecule has 0 aromatic heterocycles. The fraction of sp³-hybridized carbons (Fsp3) is 0.533. The minimum absolute atomic E-state index is 0.0225. The summed E-state index contributed by atoms with van der Waals surface area (Å²) >= 11 is 5.90. The Balaban J connectivity index is 1.85. The Morgan fingerprint density at radius 1 is 1.50 bits per heavy atom. The second kappa shape index (κ2) is 6.46. The van der Waals surface area contributed by atoms with Crippen molar-refractivity contribution in [2.45, 2.75) is 32.7 Å². The van der Waals surface area contributed by atoms with Gasteiger partial charge >= 0.3 is 0 Å². The molecule has 3 N–H and O–H groups in total. The second-order valence-corrected chi connectivity index (χ2v) is 6.15. The molecule has 4 nitrogen and oxygen atoms in total. The Morgan fingerprint density at radius 2 is 2.25 bits per heavy atom. The summed E-state index contributed by atoms with van der Waals surface area (Å²) in [7, 11) is 0. The number of halogens is 1. The maximum atomic E-state index is 12.0. The summed E-state index contributed by atoms with van der Waals surface area (Å²) in [4.78, 5) is 14.4. The molecule has 1 amide bonds. The van der Waals surface area contributed by atoms with Crippen LogP contribution in [-0.2, 0) is 4.79 Å². The van der Waals surface area contributed by atoms with Crippen LogP contribution in [0.3, 0.4) is 0 Å². The van der Waals surface area contributed by atoms with E-state index >= 15 is 0 Å². The fourth-order valence-electron chi connectivity index (χ4n) is 2.79. The average Bonchev–Trinajstić information content (AvgIpc) is 2.70. The number of carbonyl (C=O) groups excluding carboxylic acids is 1. The molecule has 1 aliphatic rings. The van der Waals surface area contributed by atoms with Gasteiger partial charge in [0.25, 0.3) is 0 Å². The van der Waals surface area contributed by atoms with Crippen LogP contribution in [0.2, 0.25) is 5.02 Å². The molecule has 1 saturated heterocycles. The van der Waals surface area contributed by atoms with E-state index in [2.05, 4.69) is 24.1 Å². The summed E-state index contributed by atoms with van der Waals surface area (Å²) in [5.41, 5.74) is 6.93. The van der Waals surface area contributed by atoms with E-state index in [0.717, 1.165) is 19.0 Å². The molecule has 1 aromatic carbocycles. The first-order chi connectivity index (χ1) is 9.45. The van der Waals surface area contributed by atoms with Crippen molar-refractivity contribution >= 4 is 28.9 Å². The summed E-state index contributed by atoms with van der Waals surface area (Å²) in [5, 5.41) is 3.39. The summed E-state index contributed by atoms with van der Waals surface area (Å²) in [6.07, 6.45) is 1.69. The highest BCUT2D eigenvalue weighted by atomic mass is 35.5. The van der Waals surface area contributed by atoms with Gasteiger partial charge in [-0.1, -0.05) is 18.5 Å². The predicted molar refractivity (Wildman–Crippen MR) is 83.9 cm³/mol. The number of rotatable bonds is 4. The van der Waals surface area contributed by atoms with Gasteiger partial charge in [-0.15, -0.1) is 0 Å². The van der Waals surface area contributed by atoms with Gasteiger partial charge in [-0.3, -0.25) is 9.69 Å². The van der Waals surface area contributed by atoms with Gasteiger partial charge in [0.2, 0.25) is 5.91 Å². The normalized spacial score (nSPS) is 22.9. The van der Waals surface area contributed by atoms with Crippen LogP contribution in [-0.4, -0.2) is 29.9 Å². The van der Waals surface area contributed by atoms with E-state index in [9.17, 15) is 4.79 Å². The zero-order chi connectivity index (χ0) is 14.7. The van der Waals surface area contributed by atoms with Crippen LogP contribution in [0, 0.1) is 5.92 Å². The number of benzene rings is 1. The van der Waals surface area contributed by atoms with E-state index in [1.807, 2.05) is 0 Å². The van der Waals surface area contributed by atoms with Gasteiger partial charge in [0.15, 0.2) is 0 Å². The number of hydrogen-bond donors (Lipinski definition) is 2. The number of nitrogen functional groups attached to an aromatic ring is 1. The number of likely N-dealkylation sites (tertiary alicyclic amines) is 1. The van der Waals surface area contributed by atoms with Crippen LogP contribution in [0.25, 0.3) is 0 Å². The molecule has 0 radical (unpaired) electrons. The predicted octanol–water partition coefficient (Wildman–Crippen LogP) is 2.98. The topological polar surface area (TPSA) is 58.4 Å². The molecule has 2 atom stereocenters. The number of nitrogens with zero attached hydrogens (tertiary/aromatic N) is 1. The highest BCUT2D eigenvalue weighted by Crippen LogP contribution is 2.24. The standard InChI is InChI=1S/C15H22ClN3O/c1-10-7-11(2)19(9-10)6-5-15(20)18-14-8-12(16)3-4-13(14)17/h3-4,8,10-11H,5-7,9,17H2,1-2H3,(H,18,20). The highest BCUT2D eigenvalue weighted by Gasteiger charge is 2.25. The third kappa shape index (κ3) is 3.87. The molecule has 0 bridgehead atoms. The zero-order valence-corrected chi connectivity index (χ0v) is 12.8. The summed E-state index contributed by atoms with van der Waals surface area (Å²) in [5.74, 6) is 0.697. The third-order valence-corrected chi connectivity index (χ3v) is 4.06. The number of hydrogen-bond acceptors (Lipinski definition) is 3. The first kappa shape index (κ1) is 15.1. The van der Waals surface area contributed by atoms with Gasteiger partial charge in [0, 0.05) is 30.6 Å². The van der Waals surface area contributed by atoms with Gasteiger partial charge in [-0.25, -0.2) is 0 Å². The minimum atomic E-state index is -0.0225. The van der Waals surface area contributed by atoms with Crippen molar-refractivity contribution in [1.29, 1.82) is 0 Å². The summed E-state index contributed by atoms with van der Waals surface area (Å²) in [6, 6.07) is 5.64. The Bertz CT molecular complexity index is 492. The highest BCUT2D eigenvalue weighted by molar-refractivity contribution is 6.31. The molecule has 5 heteroatoms. The lowest BCUT2D eigenvalue weighted by Gasteiger charge is -2.20. The van der Waals surface area contributed by atoms with Crippen molar-refractivity contribution < 1.29 is 4.79 Å². The van der Waals surface area contributed by atoms with Gasteiger partial charge in [-0.2, -0.15) is 0 Å². The van der Waals surface area contributed by atoms with Gasteiger partial charge in [0.1, 0.15) is 0 Å². The Labute approximate surface area is 125 Å². The van der Waals surface area contributed by atoms with Crippen molar-refractivity contribution in [2.75, 3.05) is 24.1 Å². The monoisotopic (exact) mass is 295 g/mol. The molecule has 110 valence electrons. The maximum absolute atomic E-state index is 12.0. The number of anilines is 2. The number of nitrogens with two attached hydrogens (primary N) is 1. The van der Waals surface area contributed by atoms with E-state index in [0.29, 0.717) is 28.9 Å². The molecule has 1 aliphatic heterocycles. The van der Waals surface area contributed by atoms with Crippen molar-refractivity contribution in [3.8, 4) is 0 Å². The third-order valence-electron chi connectivity index (χ3n) is 3.83. The average molecular weight is 296 g/mol. The lowest BCUT2D eigenvalue weighted by atomic mass is 10.1. The minimum Gasteiger partial charge on any atom is -0.397 e. The van der Waals surface area contributed by atoms with Crippen molar-refractivity contribution in [1.82, 2.24) is 4.90 Å². The van der Waals surface area contributed by atoms with Crippen molar-refractivity contribution in [2.24, 2.45) is 5.92 Å². The number of nitrogens with one attached hydrogen (secondary N) is 1. The van der Waals surface area contributed by atoms with Gasteiger partial charge in [0.05, 0.1) is 11.4 Å². The van der Waals surface area contributed by atoms with Crippen molar-refractivity contribution in [3.63, 3.8) is 0 Å². The van der Waals surface area contributed by atoms with Crippen LogP contribution in [0.4, 0.5) is 11.4 Å². The van der Waals surface area contributed by atoms with Crippen molar-refractivity contribution in [3.05, 3.63) is 23.2 Å². The van der Waals surface area contributed by atoms with Crippen LogP contribution in [0.15, 0.2) is 18.2 Å². The Morgan fingerprint density at radius 3 is 2.90 bits per heavy atom. The lowest BCUT2D eigenvalue weighted by molar-refractivity contribution is -0.116.